The fourth-order valence-electron chi connectivity index (χ4n) is 0.675. The van der Waals surface area contributed by atoms with Crippen molar-refractivity contribution in [2.75, 3.05) is 0 Å². The zero-order valence-corrected chi connectivity index (χ0v) is 6.84. The molecule has 0 amide bonds. The molecule has 1 aliphatic carbocycles. The Morgan fingerprint density at radius 1 is 1.44 bits per heavy atom. The highest BCUT2D eigenvalue weighted by molar-refractivity contribution is 6.36. The Bertz CT molecular complexity index is 169. The molecule has 1 atom stereocenters. The fourth-order valence-corrected chi connectivity index (χ4v) is 1.74. The van der Waals surface area contributed by atoms with Crippen LogP contribution in [0.1, 0.15) is 6.42 Å². The first-order valence-corrected chi connectivity index (χ1v) is 3.75. The molecule has 1 unspecified atom stereocenters. The number of hydrogen-bond donors (Lipinski definition) is 0. The van der Waals surface area contributed by atoms with Crippen molar-refractivity contribution in [3.05, 3.63) is 22.2 Å². The predicted octanol–water partition coefficient (Wildman–Crippen LogP) is 3.24. The number of alkyl halides is 1. The minimum atomic E-state index is -0.0324. The molecule has 9 heavy (non-hydrogen) atoms. The molecule has 0 fully saturated rings. The van der Waals surface area contributed by atoms with E-state index in [1.54, 1.807) is 12.2 Å². The summed E-state index contributed by atoms with van der Waals surface area (Å²) in [6.45, 7) is 0. The van der Waals surface area contributed by atoms with Gasteiger partial charge in [-0.1, -0.05) is 23.2 Å². The first-order valence-electron chi connectivity index (χ1n) is 2.56. The minimum Gasteiger partial charge on any atom is -0.118 e. The summed E-state index contributed by atoms with van der Waals surface area (Å²) >= 11 is 17.0. The van der Waals surface area contributed by atoms with Gasteiger partial charge in [-0.3, -0.25) is 0 Å². The van der Waals surface area contributed by atoms with Crippen LogP contribution in [0.25, 0.3) is 0 Å². The largest absolute Gasteiger partial charge is 0.118 e. The highest BCUT2D eigenvalue weighted by Crippen LogP contribution is 2.25. The molecule has 0 bridgehead atoms. The molecule has 0 aromatic heterocycles. The van der Waals surface area contributed by atoms with Gasteiger partial charge in [0.05, 0.1) is 5.38 Å². The van der Waals surface area contributed by atoms with Crippen molar-refractivity contribution in [3.63, 3.8) is 0 Å². The Labute approximate surface area is 69.1 Å². The third kappa shape index (κ3) is 2.21. The van der Waals surface area contributed by atoms with Crippen LogP contribution in [0.2, 0.25) is 0 Å². The maximum Gasteiger partial charge on any atom is 0.0582 e. The van der Waals surface area contributed by atoms with Crippen molar-refractivity contribution in [1.29, 1.82) is 0 Å². The zero-order valence-electron chi connectivity index (χ0n) is 4.57. The number of halogens is 3. The van der Waals surface area contributed by atoms with E-state index in [9.17, 15) is 0 Å². The average molecular weight is 183 g/mol. The lowest BCUT2D eigenvalue weighted by Crippen LogP contribution is -1.98. The lowest BCUT2D eigenvalue weighted by Gasteiger charge is -2.08. The molecule has 1 aliphatic rings. The third-order valence-electron chi connectivity index (χ3n) is 1.02. The fraction of sp³-hybridized carbons (Fsp3) is 0.333. The van der Waals surface area contributed by atoms with E-state index in [-0.39, 0.29) is 5.38 Å². The number of allylic oxidation sites excluding steroid dienone is 4. The van der Waals surface area contributed by atoms with Crippen LogP contribution in [-0.4, -0.2) is 5.38 Å². The first-order chi connectivity index (χ1) is 4.18. The van der Waals surface area contributed by atoms with Gasteiger partial charge in [-0.05, 0) is 12.2 Å². The SMILES string of the molecule is ClC1=CC(Cl)CC(Cl)=C1. The lowest BCUT2D eigenvalue weighted by molar-refractivity contribution is 1.02. The van der Waals surface area contributed by atoms with Crippen LogP contribution < -0.4 is 0 Å². The summed E-state index contributed by atoms with van der Waals surface area (Å²) in [5.41, 5.74) is 0. The van der Waals surface area contributed by atoms with Gasteiger partial charge in [-0.15, -0.1) is 11.6 Å². The third-order valence-corrected chi connectivity index (χ3v) is 1.80. The quantitative estimate of drug-likeness (QED) is 0.506. The second-order valence-corrected chi connectivity index (χ2v) is 3.35. The molecule has 0 aromatic carbocycles. The van der Waals surface area contributed by atoms with Crippen LogP contribution >= 0.6 is 34.8 Å². The molecule has 0 saturated carbocycles. The van der Waals surface area contributed by atoms with Crippen LogP contribution in [0, 0.1) is 0 Å². The summed E-state index contributed by atoms with van der Waals surface area (Å²) in [5, 5.41) is 1.32. The van der Waals surface area contributed by atoms with E-state index in [2.05, 4.69) is 0 Å². The maximum atomic E-state index is 5.72. The second-order valence-electron chi connectivity index (χ2n) is 1.86. The topological polar surface area (TPSA) is 0 Å². The van der Waals surface area contributed by atoms with E-state index in [1.807, 2.05) is 0 Å². The van der Waals surface area contributed by atoms with Crippen LogP contribution in [0.15, 0.2) is 22.2 Å². The summed E-state index contributed by atoms with van der Waals surface area (Å²) < 4.78 is 0. The maximum absolute atomic E-state index is 5.72. The second kappa shape index (κ2) is 2.96. The Kier molecular flexibility index (Phi) is 2.45. The van der Waals surface area contributed by atoms with Gasteiger partial charge in [0.15, 0.2) is 0 Å². The highest BCUT2D eigenvalue weighted by Gasteiger charge is 2.09. The van der Waals surface area contributed by atoms with E-state index >= 15 is 0 Å². The molecule has 0 aliphatic heterocycles. The molecule has 50 valence electrons. The van der Waals surface area contributed by atoms with Gasteiger partial charge >= 0.3 is 0 Å². The molecular weight excluding hydrogens is 178 g/mol. The zero-order chi connectivity index (χ0) is 6.85. The molecule has 0 saturated heterocycles. The molecule has 0 heterocycles. The van der Waals surface area contributed by atoms with Gasteiger partial charge in [0.1, 0.15) is 0 Å². The van der Waals surface area contributed by atoms with E-state index < -0.39 is 0 Å². The lowest BCUT2D eigenvalue weighted by atomic mass is 10.2. The van der Waals surface area contributed by atoms with Crippen LogP contribution in [0.5, 0.6) is 0 Å². The molecule has 1 rings (SSSR count). The molecule has 0 radical (unpaired) electrons. The first kappa shape index (κ1) is 7.46. The van der Waals surface area contributed by atoms with E-state index in [4.69, 9.17) is 34.8 Å². The summed E-state index contributed by atoms with van der Waals surface area (Å²) in [6.07, 6.45) is 4.18. The standard InChI is InChI=1S/C6H5Cl3/c7-4-1-5(8)3-6(9)2-4/h1-2,5H,3H2. The summed E-state index contributed by atoms with van der Waals surface area (Å²) in [7, 11) is 0. The van der Waals surface area contributed by atoms with Gasteiger partial charge in [0.2, 0.25) is 0 Å². The molecule has 0 aromatic rings. The Morgan fingerprint density at radius 2 is 2.11 bits per heavy atom. The van der Waals surface area contributed by atoms with Crippen molar-refractivity contribution in [1.82, 2.24) is 0 Å². The monoisotopic (exact) mass is 182 g/mol. The van der Waals surface area contributed by atoms with Crippen LogP contribution in [-0.2, 0) is 0 Å². The Hall–Kier alpha value is 0.350. The molecule has 3 heteroatoms. The molecule has 0 nitrogen and oxygen atoms in total. The summed E-state index contributed by atoms with van der Waals surface area (Å²) in [6, 6.07) is 0. The van der Waals surface area contributed by atoms with E-state index in [1.165, 1.54) is 0 Å². The van der Waals surface area contributed by atoms with E-state index in [0.29, 0.717) is 11.5 Å². The molecular formula is C6H5Cl3. The summed E-state index contributed by atoms with van der Waals surface area (Å²) in [4.78, 5) is 0. The smallest absolute Gasteiger partial charge is 0.0582 e. The molecule has 0 N–H and O–H groups in total. The highest BCUT2D eigenvalue weighted by atomic mass is 35.5. The van der Waals surface area contributed by atoms with Crippen molar-refractivity contribution in [2.45, 2.75) is 11.8 Å². The van der Waals surface area contributed by atoms with Gasteiger partial charge in [-0.2, -0.15) is 0 Å². The van der Waals surface area contributed by atoms with E-state index in [0.717, 1.165) is 5.03 Å². The van der Waals surface area contributed by atoms with Gasteiger partial charge < -0.3 is 0 Å². The Morgan fingerprint density at radius 3 is 2.56 bits per heavy atom. The normalized spacial score (nSPS) is 27.2. The van der Waals surface area contributed by atoms with Crippen molar-refractivity contribution in [3.8, 4) is 0 Å². The summed E-state index contributed by atoms with van der Waals surface area (Å²) in [5.74, 6) is 0. The minimum absolute atomic E-state index is 0.0324. The van der Waals surface area contributed by atoms with Crippen LogP contribution in [0.3, 0.4) is 0 Å². The van der Waals surface area contributed by atoms with Crippen molar-refractivity contribution in [2.24, 2.45) is 0 Å². The Balaban J connectivity index is 2.74. The van der Waals surface area contributed by atoms with Crippen molar-refractivity contribution >= 4 is 34.8 Å². The van der Waals surface area contributed by atoms with Gasteiger partial charge in [0, 0.05) is 16.5 Å². The van der Waals surface area contributed by atoms with Gasteiger partial charge in [-0.25, -0.2) is 0 Å². The molecule has 0 spiro atoms. The van der Waals surface area contributed by atoms with Crippen LogP contribution in [0.4, 0.5) is 0 Å². The van der Waals surface area contributed by atoms with Gasteiger partial charge in [0.25, 0.3) is 0 Å². The average Bonchev–Trinajstić information content (AvgIpc) is 1.59. The number of hydrogen-bond acceptors (Lipinski definition) is 0. The number of rotatable bonds is 0. The van der Waals surface area contributed by atoms with Crippen molar-refractivity contribution < 1.29 is 0 Å². The predicted molar refractivity (Wildman–Crippen MR) is 42.1 cm³/mol.